The van der Waals surface area contributed by atoms with Gasteiger partial charge in [0.25, 0.3) is 0 Å². The molecule has 0 aliphatic carbocycles. The summed E-state index contributed by atoms with van der Waals surface area (Å²) in [6, 6.07) is 0. The molecule has 1 rings (SSSR count). The van der Waals surface area contributed by atoms with E-state index in [0.717, 1.165) is 12.8 Å². The lowest BCUT2D eigenvalue weighted by molar-refractivity contribution is -0.384. The predicted octanol–water partition coefficient (Wildman–Crippen LogP) is 1.96. The Morgan fingerprint density at radius 1 is 1.56 bits per heavy atom. The molecule has 0 saturated carbocycles. The van der Waals surface area contributed by atoms with Crippen LogP contribution in [0.2, 0.25) is 0 Å². The zero-order chi connectivity index (χ0) is 13.5. The van der Waals surface area contributed by atoms with Crippen molar-refractivity contribution in [3.8, 4) is 0 Å². The van der Waals surface area contributed by atoms with Crippen molar-refractivity contribution >= 4 is 11.5 Å². The van der Waals surface area contributed by atoms with Gasteiger partial charge >= 0.3 is 5.69 Å². The average Bonchev–Trinajstić information content (AvgIpc) is 2.62. The standard InChI is InChI=1S/C11H20N4O3/c1-4-7-14-11(12-6-5-8-18-3)10(15(16)17)9(2)13-14/h12H,4-8H2,1-3H3. The second-order valence-electron chi connectivity index (χ2n) is 4.04. The van der Waals surface area contributed by atoms with Crippen LogP contribution in [0.3, 0.4) is 0 Å². The molecule has 0 saturated heterocycles. The summed E-state index contributed by atoms with van der Waals surface area (Å²) < 4.78 is 6.61. The first-order chi connectivity index (χ1) is 8.61. The van der Waals surface area contributed by atoms with E-state index in [2.05, 4.69) is 10.4 Å². The summed E-state index contributed by atoms with van der Waals surface area (Å²) in [7, 11) is 1.63. The van der Waals surface area contributed by atoms with Crippen LogP contribution in [0.4, 0.5) is 11.5 Å². The molecule has 1 aromatic rings. The SMILES string of the molecule is CCCn1nc(C)c([N+](=O)[O-])c1NCCCOC. The van der Waals surface area contributed by atoms with Gasteiger partial charge in [-0.05, 0) is 19.8 Å². The van der Waals surface area contributed by atoms with Crippen molar-refractivity contribution in [2.24, 2.45) is 0 Å². The van der Waals surface area contributed by atoms with Crippen molar-refractivity contribution in [3.63, 3.8) is 0 Å². The Balaban J connectivity index is 2.86. The fraction of sp³-hybridized carbons (Fsp3) is 0.727. The molecule has 102 valence electrons. The van der Waals surface area contributed by atoms with Crippen LogP contribution in [0.15, 0.2) is 0 Å². The lowest BCUT2D eigenvalue weighted by Crippen LogP contribution is -2.11. The van der Waals surface area contributed by atoms with Crippen LogP contribution in [-0.4, -0.2) is 35.0 Å². The topological polar surface area (TPSA) is 82.2 Å². The van der Waals surface area contributed by atoms with E-state index in [1.54, 1.807) is 18.7 Å². The molecule has 7 heteroatoms. The lowest BCUT2D eigenvalue weighted by Gasteiger charge is -2.08. The van der Waals surface area contributed by atoms with Crippen LogP contribution < -0.4 is 5.32 Å². The largest absolute Gasteiger partial charge is 0.385 e. The number of ether oxygens (including phenoxy) is 1. The number of nitrogens with one attached hydrogen (secondary N) is 1. The summed E-state index contributed by atoms with van der Waals surface area (Å²) >= 11 is 0. The molecule has 0 bridgehead atoms. The number of hydrogen-bond donors (Lipinski definition) is 1. The number of methoxy groups -OCH3 is 1. The smallest absolute Gasteiger partial charge is 0.333 e. The number of aryl methyl sites for hydroxylation is 2. The molecular weight excluding hydrogens is 236 g/mol. The summed E-state index contributed by atoms with van der Waals surface area (Å²) in [4.78, 5) is 10.7. The van der Waals surface area contributed by atoms with Gasteiger partial charge in [0, 0.05) is 26.8 Å². The number of hydrogen-bond acceptors (Lipinski definition) is 5. The first-order valence-electron chi connectivity index (χ1n) is 6.06. The molecule has 0 aromatic carbocycles. The highest BCUT2D eigenvalue weighted by atomic mass is 16.6. The summed E-state index contributed by atoms with van der Waals surface area (Å²) in [6.07, 6.45) is 1.68. The Labute approximate surface area is 106 Å². The number of anilines is 1. The number of nitrogens with zero attached hydrogens (tertiary/aromatic N) is 3. The lowest BCUT2D eigenvalue weighted by atomic mass is 10.3. The number of aromatic nitrogens is 2. The summed E-state index contributed by atoms with van der Waals surface area (Å²) in [5, 5.41) is 18.3. The second-order valence-corrected chi connectivity index (χ2v) is 4.04. The van der Waals surface area contributed by atoms with Crippen LogP contribution in [-0.2, 0) is 11.3 Å². The van der Waals surface area contributed by atoms with E-state index in [1.165, 1.54) is 0 Å². The Hall–Kier alpha value is -1.63. The summed E-state index contributed by atoms with van der Waals surface area (Å²) in [5.41, 5.74) is 0.517. The van der Waals surface area contributed by atoms with Crippen LogP contribution in [0.1, 0.15) is 25.5 Å². The normalized spacial score (nSPS) is 10.6. The van der Waals surface area contributed by atoms with Gasteiger partial charge in [0.15, 0.2) is 0 Å². The fourth-order valence-electron chi connectivity index (χ4n) is 1.76. The van der Waals surface area contributed by atoms with Crippen molar-refractivity contribution in [2.75, 3.05) is 25.6 Å². The Kier molecular flexibility index (Phi) is 5.57. The highest BCUT2D eigenvalue weighted by Gasteiger charge is 2.24. The van der Waals surface area contributed by atoms with Crippen LogP contribution in [0, 0.1) is 17.0 Å². The van der Waals surface area contributed by atoms with Gasteiger partial charge < -0.3 is 10.1 Å². The molecule has 1 heterocycles. The fourth-order valence-corrected chi connectivity index (χ4v) is 1.76. The summed E-state index contributed by atoms with van der Waals surface area (Å²) in [6.45, 7) is 5.59. The molecule has 0 aliphatic heterocycles. The third-order valence-electron chi connectivity index (χ3n) is 2.53. The van der Waals surface area contributed by atoms with Gasteiger partial charge in [0.1, 0.15) is 5.69 Å². The maximum absolute atomic E-state index is 11.0. The molecular formula is C11H20N4O3. The third kappa shape index (κ3) is 3.43. The highest BCUT2D eigenvalue weighted by molar-refractivity contribution is 5.59. The van der Waals surface area contributed by atoms with E-state index in [1.807, 2.05) is 6.92 Å². The van der Waals surface area contributed by atoms with E-state index < -0.39 is 0 Å². The van der Waals surface area contributed by atoms with Crippen molar-refractivity contribution < 1.29 is 9.66 Å². The number of rotatable bonds is 8. The van der Waals surface area contributed by atoms with E-state index in [4.69, 9.17) is 4.74 Å². The van der Waals surface area contributed by atoms with Gasteiger partial charge in [-0.2, -0.15) is 5.10 Å². The first-order valence-corrected chi connectivity index (χ1v) is 6.06. The predicted molar refractivity (Wildman–Crippen MR) is 68.9 cm³/mol. The minimum Gasteiger partial charge on any atom is -0.385 e. The molecule has 0 spiro atoms. The second kappa shape index (κ2) is 6.95. The Bertz CT molecular complexity index is 403. The van der Waals surface area contributed by atoms with E-state index >= 15 is 0 Å². The minimum absolute atomic E-state index is 0.0702. The zero-order valence-electron chi connectivity index (χ0n) is 11.1. The highest BCUT2D eigenvalue weighted by Crippen LogP contribution is 2.28. The molecule has 0 aliphatic rings. The van der Waals surface area contributed by atoms with Crippen molar-refractivity contribution in [1.82, 2.24) is 9.78 Å². The molecule has 1 aromatic heterocycles. The van der Waals surface area contributed by atoms with Gasteiger partial charge in [-0.1, -0.05) is 6.92 Å². The van der Waals surface area contributed by atoms with Crippen molar-refractivity contribution in [1.29, 1.82) is 0 Å². The van der Waals surface area contributed by atoms with Gasteiger partial charge in [0.05, 0.1) is 4.92 Å². The van der Waals surface area contributed by atoms with Crippen LogP contribution >= 0.6 is 0 Å². The minimum atomic E-state index is -0.382. The van der Waals surface area contributed by atoms with Gasteiger partial charge in [-0.3, -0.25) is 10.1 Å². The van der Waals surface area contributed by atoms with E-state index in [-0.39, 0.29) is 10.6 Å². The molecule has 0 radical (unpaired) electrons. The van der Waals surface area contributed by atoms with Crippen molar-refractivity contribution in [2.45, 2.75) is 33.2 Å². The van der Waals surface area contributed by atoms with Gasteiger partial charge in [-0.15, -0.1) is 0 Å². The van der Waals surface area contributed by atoms with Gasteiger partial charge in [-0.25, -0.2) is 4.68 Å². The molecule has 0 fully saturated rings. The molecule has 0 unspecified atom stereocenters. The molecule has 1 N–H and O–H groups in total. The molecule has 0 amide bonds. The molecule has 18 heavy (non-hydrogen) atoms. The molecule has 0 atom stereocenters. The Morgan fingerprint density at radius 3 is 2.83 bits per heavy atom. The first kappa shape index (κ1) is 14.4. The van der Waals surface area contributed by atoms with E-state index in [9.17, 15) is 10.1 Å². The third-order valence-corrected chi connectivity index (χ3v) is 2.53. The van der Waals surface area contributed by atoms with Crippen LogP contribution in [0.5, 0.6) is 0 Å². The van der Waals surface area contributed by atoms with Crippen LogP contribution in [0.25, 0.3) is 0 Å². The maximum atomic E-state index is 11.0. The maximum Gasteiger partial charge on any atom is 0.333 e. The average molecular weight is 256 g/mol. The monoisotopic (exact) mass is 256 g/mol. The number of nitro groups is 1. The summed E-state index contributed by atoms with van der Waals surface area (Å²) in [5.74, 6) is 0.496. The van der Waals surface area contributed by atoms with E-state index in [0.29, 0.717) is 31.2 Å². The zero-order valence-corrected chi connectivity index (χ0v) is 11.1. The molecule has 7 nitrogen and oxygen atoms in total. The quantitative estimate of drug-likeness (QED) is 0.437. The van der Waals surface area contributed by atoms with Gasteiger partial charge in [0.2, 0.25) is 5.82 Å². The Morgan fingerprint density at radius 2 is 2.28 bits per heavy atom. The van der Waals surface area contributed by atoms with Crippen molar-refractivity contribution in [3.05, 3.63) is 15.8 Å².